The van der Waals surface area contributed by atoms with Gasteiger partial charge in [-0.15, -0.1) is 0 Å². The second-order valence-corrected chi connectivity index (χ2v) is 4.94. The highest BCUT2D eigenvalue weighted by atomic mass is 35.5. The first kappa shape index (κ1) is 18.2. The molecule has 1 aromatic rings. The van der Waals surface area contributed by atoms with Crippen molar-refractivity contribution >= 4 is 23.5 Å². The zero-order valence-electron chi connectivity index (χ0n) is 11.1. The molecular formula is C13H13ClF3NO4. The van der Waals surface area contributed by atoms with Crippen molar-refractivity contribution in [3.8, 4) is 0 Å². The maximum Gasteiger partial charge on any atom is 0.391 e. The lowest BCUT2D eigenvalue weighted by Gasteiger charge is -2.20. The number of alkyl halides is 3. The topological polar surface area (TPSA) is 86.6 Å². The van der Waals surface area contributed by atoms with Crippen LogP contribution in [0.2, 0.25) is 5.02 Å². The van der Waals surface area contributed by atoms with Gasteiger partial charge in [-0.3, -0.25) is 4.79 Å². The van der Waals surface area contributed by atoms with Gasteiger partial charge in [0.2, 0.25) is 5.91 Å². The lowest BCUT2D eigenvalue weighted by atomic mass is 9.98. The zero-order chi connectivity index (χ0) is 16.9. The Morgan fingerprint density at radius 2 is 1.77 bits per heavy atom. The Hall–Kier alpha value is -1.80. The third-order valence-corrected chi connectivity index (χ3v) is 3.07. The Morgan fingerprint density at radius 1 is 1.23 bits per heavy atom. The number of nitrogens with one attached hydrogen (secondary N) is 1. The van der Waals surface area contributed by atoms with Crippen LogP contribution in [0.15, 0.2) is 24.3 Å². The molecule has 22 heavy (non-hydrogen) atoms. The van der Waals surface area contributed by atoms with Crippen molar-refractivity contribution in [1.82, 2.24) is 5.32 Å². The van der Waals surface area contributed by atoms with E-state index in [0.717, 1.165) is 0 Å². The van der Waals surface area contributed by atoms with Gasteiger partial charge in [-0.05, 0) is 17.7 Å². The quantitative estimate of drug-likeness (QED) is 0.739. The van der Waals surface area contributed by atoms with Crippen molar-refractivity contribution < 1.29 is 33.0 Å². The predicted molar refractivity (Wildman–Crippen MR) is 71.5 cm³/mol. The minimum Gasteiger partial charge on any atom is -0.480 e. The van der Waals surface area contributed by atoms with Crippen molar-refractivity contribution in [3.05, 3.63) is 34.9 Å². The van der Waals surface area contributed by atoms with Crippen molar-refractivity contribution in [3.63, 3.8) is 0 Å². The fourth-order valence-electron chi connectivity index (χ4n) is 1.74. The largest absolute Gasteiger partial charge is 0.480 e. The first-order chi connectivity index (χ1) is 10.1. The van der Waals surface area contributed by atoms with E-state index in [1.807, 2.05) is 0 Å². The van der Waals surface area contributed by atoms with Crippen LogP contribution in [0, 0.1) is 0 Å². The molecule has 0 saturated carbocycles. The molecule has 0 aliphatic rings. The second-order valence-electron chi connectivity index (χ2n) is 4.51. The number of aliphatic carboxylic acids is 1. The predicted octanol–water partition coefficient (Wildman–Crippen LogP) is 1.94. The normalized spacial score (nSPS) is 14.2. The third-order valence-electron chi connectivity index (χ3n) is 2.82. The third kappa shape index (κ3) is 5.53. The lowest BCUT2D eigenvalue weighted by Crippen LogP contribution is -2.46. The smallest absolute Gasteiger partial charge is 0.391 e. The number of hydrogen-bond acceptors (Lipinski definition) is 3. The molecule has 9 heteroatoms. The summed E-state index contributed by atoms with van der Waals surface area (Å²) in [5.74, 6) is -4.01. The number of carboxylic acids is 1. The van der Waals surface area contributed by atoms with Crippen LogP contribution < -0.4 is 5.32 Å². The summed E-state index contributed by atoms with van der Waals surface area (Å²) in [5, 5.41) is 20.2. The molecule has 2 unspecified atom stereocenters. The van der Waals surface area contributed by atoms with Crippen LogP contribution in [0.3, 0.4) is 0 Å². The molecule has 0 bridgehead atoms. The van der Waals surface area contributed by atoms with Gasteiger partial charge in [0.05, 0.1) is 18.9 Å². The number of aliphatic hydroxyl groups is 1. The molecule has 0 heterocycles. The Bertz CT molecular complexity index is 533. The number of amides is 1. The van der Waals surface area contributed by atoms with E-state index in [4.69, 9.17) is 16.7 Å². The number of carbonyl (C=O) groups excluding carboxylic acids is 1. The molecule has 0 aromatic heterocycles. The van der Waals surface area contributed by atoms with E-state index in [9.17, 15) is 27.9 Å². The Balaban J connectivity index is 2.86. The minimum atomic E-state index is -4.74. The Labute approximate surface area is 128 Å². The van der Waals surface area contributed by atoms with Crippen LogP contribution in [0.25, 0.3) is 0 Å². The van der Waals surface area contributed by atoms with Crippen molar-refractivity contribution in [2.75, 3.05) is 6.61 Å². The average Bonchev–Trinajstić information content (AvgIpc) is 2.39. The van der Waals surface area contributed by atoms with Crippen LogP contribution in [0.1, 0.15) is 17.9 Å². The Morgan fingerprint density at radius 3 is 2.18 bits per heavy atom. The van der Waals surface area contributed by atoms with E-state index in [0.29, 0.717) is 10.6 Å². The monoisotopic (exact) mass is 339 g/mol. The molecule has 122 valence electrons. The molecule has 0 saturated heterocycles. The van der Waals surface area contributed by atoms with Crippen LogP contribution in [0.4, 0.5) is 13.2 Å². The average molecular weight is 340 g/mol. The minimum absolute atomic E-state index is 0.306. The second kappa shape index (κ2) is 7.46. The fraction of sp³-hybridized carbons (Fsp3) is 0.385. The number of carboxylic acid groups (broad SMARTS) is 1. The summed E-state index contributed by atoms with van der Waals surface area (Å²) in [5.41, 5.74) is 0.306. The van der Waals surface area contributed by atoms with Gasteiger partial charge >= 0.3 is 12.1 Å². The van der Waals surface area contributed by atoms with Gasteiger partial charge in [-0.1, -0.05) is 23.7 Å². The summed E-state index contributed by atoms with van der Waals surface area (Å²) in [4.78, 5) is 22.7. The van der Waals surface area contributed by atoms with Gasteiger partial charge < -0.3 is 15.5 Å². The molecule has 3 N–H and O–H groups in total. The van der Waals surface area contributed by atoms with Crippen LogP contribution in [0.5, 0.6) is 0 Å². The number of halogens is 4. The first-order valence-electron chi connectivity index (χ1n) is 6.10. The van der Waals surface area contributed by atoms with E-state index in [2.05, 4.69) is 0 Å². The number of carbonyl (C=O) groups is 2. The molecular weight excluding hydrogens is 327 g/mol. The van der Waals surface area contributed by atoms with E-state index < -0.39 is 43.0 Å². The van der Waals surface area contributed by atoms with Crippen molar-refractivity contribution in [1.29, 1.82) is 0 Å². The number of benzene rings is 1. The molecule has 5 nitrogen and oxygen atoms in total. The summed E-state index contributed by atoms with van der Waals surface area (Å²) in [6.45, 7) is -0.689. The first-order valence-corrected chi connectivity index (χ1v) is 6.48. The number of hydrogen-bond donors (Lipinski definition) is 3. The molecule has 0 spiro atoms. The summed E-state index contributed by atoms with van der Waals surface area (Å²) in [6, 6.07) is 3.60. The van der Waals surface area contributed by atoms with Crippen molar-refractivity contribution in [2.45, 2.75) is 24.6 Å². The summed E-state index contributed by atoms with van der Waals surface area (Å²) in [6.07, 6.45) is -6.45. The molecule has 1 aromatic carbocycles. The van der Waals surface area contributed by atoms with E-state index in [-0.39, 0.29) is 0 Å². The van der Waals surface area contributed by atoms with Gasteiger partial charge in [0, 0.05) is 5.02 Å². The summed E-state index contributed by atoms with van der Waals surface area (Å²) < 4.78 is 36.9. The van der Waals surface area contributed by atoms with Crippen LogP contribution >= 0.6 is 11.6 Å². The number of rotatable bonds is 6. The maximum atomic E-state index is 12.3. The molecule has 0 fully saturated rings. The van der Waals surface area contributed by atoms with Gasteiger partial charge in [0.25, 0.3) is 0 Å². The summed E-state index contributed by atoms with van der Waals surface area (Å²) in [7, 11) is 0. The van der Waals surface area contributed by atoms with Crippen LogP contribution in [-0.2, 0) is 9.59 Å². The molecule has 2 atom stereocenters. The highest BCUT2D eigenvalue weighted by molar-refractivity contribution is 6.30. The van der Waals surface area contributed by atoms with Gasteiger partial charge in [0.15, 0.2) is 0 Å². The van der Waals surface area contributed by atoms with Gasteiger partial charge in [-0.25, -0.2) is 4.79 Å². The van der Waals surface area contributed by atoms with Crippen molar-refractivity contribution in [2.24, 2.45) is 0 Å². The van der Waals surface area contributed by atoms with E-state index in [1.54, 1.807) is 5.32 Å². The molecule has 1 amide bonds. The molecule has 0 radical (unpaired) electrons. The highest BCUT2D eigenvalue weighted by Gasteiger charge is 2.37. The number of aliphatic hydroxyl groups excluding tert-OH is 1. The zero-order valence-corrected chi connectivity index (χ0v) is 11.9. The molecule has 1 rings (SSSR count). The highest BCUT2D eigenvalue weighted by Crippen LogP contribution is 2.23. The van der Waals surface area contributed by atoms with Gasteiger partial charge in [0.1, 0.15) is 6.04 Å². The van der Waals surface area contributed by atoms with Crippen LogP contribution in [-0.4, -0.2) is 40.9 Å². The van der Waals surface area contributed by atoms with E-state index in [1.165, 1.54) is 24.3 Å². The van der Waals surface area contributed by atoms with Gasteiger partial charge in [-0.2, -0.15) is 13.2 Å². The SMILES string of the molecule is O=C(O)C(CC(F)(F)F)NC(=O)C(CO)c1ccc(Cl)cc1. The van der Waals surface area contributed by atoms with E-state index >= 15 is 0 Å². The maximum absolute atomic E-state index is 12.3. The standard InChI is InChI=1S/C13H13ClF3NO4/c14-8-3-1-7(2-4-8)9(6-19)11(20)18-10(12(21)22)5-13(15,16)17/h1-4,9-10,19H,5-6H2,(H,18,20)(H,21,22). The lowest BCUT2D eigenvalue weighted by molar-refractivity contribution is -0.160. The molecule has 0 aliphatic heterocycles. The summed E-state index contributed by atoms with van der Waals surface area (Å²) >= 11 is 5.67. The fourth-order valence-corrected chi connectivity index (χ4v) is 1.86. The Kier molecular flexibility index (Phi) is 6.19. The molecule has 0 aliphatic carbocycles.